The van der Waals surface area contributed by atoms with Crippen molar-refractivity contribution in [2.75, 3.05) is 0 Å². The van der Waals surface area contributed by atoms with Gasteiger partial charge in [-0.1, -0.05) is 6.07 Å². The highest BCUT2D eigenvalue weighted by molar-refractivity contribution is 5.53. The molecular formula is C11H10N3O2+. The van der Waals surface area contributed by atoms with Crippen LogP contribution in [0.15, 0.2) is 52.8 Å². The number of nitrogens with one attached hydrogen (secondary N) is 1. The Bertz CT molecular complexity index is 512. The standard InChI is InChI=1S/C11H9N3O2/c15-8-4-5-9(10(16)7-8)13-14-11-3-1-2-6-12-11/h1-7,15-16H/p+1. The molecule has 1 aromatic carbocycles. The second kappa shape index (κ2) is 4.39. The zero-order valence-electron chi connectivity index (χ0n) is 8.33. The molecule has 1 aromatic heterocycles. The number of phenols is 2. The molecule has 0 unspecified atom stereocenters. The van der Waals surface area contributed by atoms with Crippen LogP contribution in [0.1, 0.15) is 0 Å². The summed E-state index contributed by atoms with van der Waals surface area (Å²) in [6.45, 7) is 0. The molecule has 16 heavy (non-hydrogen) atoms. The third-order valence-corrected chi connectivity index (χ3v) is 1.92. The van der Waals surface area contributed by atoms with Gasteiger partial charge in [0.05, 0.1) is 11.3 Å². The smallest absolute Gasteiger partial charge is 0.348 e. The Labute approximate surface area is 91.7 Å². The van der Waals surface area contributed by atoms with Gasteiger partial charge in [-0.05, 0) is 23.3 Å². The van der Waals surface area contributed by atoms with E-state index in [9.17, 15) is 5.11 Å². The summed E-state index contributed by atoms with van der Waals surface area (Å²) < 4.78 is 0. The molecule has 0 atom stereocenters. The summed E-state index contributed by atoms with van der Waals surface area (Å²) in [6.07, 6.45) is 1.73. The van der Waals surface area contributed by atoms with Crippen molar-refractivity contribution in [3.63, 3.8) is 0 Å². The molecule has 3 N–H and O–H groups in total. The second-order valence-electron chi connectivity index (χ2n) is 3.12. The molecule has 1 heterocycles. The van der Waals surface area contributed by atoms with Crippen LogP contribution in [0.5, 0.6) is 11.5 Å². The van der Waals surface area contributed by atoms with Crippen LogP contribution in [-0.2, 0) is 0 Å². The molecule has 0 saturated heterocycles. The van der Waals surface area contributed by atoms with Crippen LogP contribution in [0.25, 0.3) is 0 Å². The summed E-state index contributed by atoms with van der Waals surface area (Å²) in [7, 11) is 0. The average Bonchev–Trinajstić information content (AvgIpc) is 2.29. The number of pyridine rings is 1. The van der Waals surface area contributed by atoms with E-state index < -0.39 is 0 Å². The number of phenolic OH excluding ortho intramolecular Hbond substituents is 2. The SMILES string of the molecule is Oc1ccc(N=Nc2cccc[nH+]2)c(O)c1. The molecule has 0 bridgehead atoms. The fourth-order valence-corrected chi connectivity index (χ4v) is 1.15. The third-order valence-electron chi connectivity index (χ3n) is 1.92. The topological polar surface area (TPSA) is 79.3 Å². The van der Waals surface area contributed by atoms with Gasteiger partial charge in [0.15, 0.2) is 5.69 Å². The molecule has 0 fully saturated rings. The Morgan fingerprint density at radius 1 is 1.00 bits per heavy atom. The van der Waals surface area contributed by atoms with Gasteiger partial charge in [-0.25, -0.2) is 4.98 Å². The molecule has 0 spiro atoms. The van der Waals surface area contributed by atoms with E-state index in [1.165, 1.54) is 18.2 Å². The Kier molecular flexibility index (Phi) is 2.77. The Morgan fingerprint density at radius 2 is 1.88 bits per heavy atom. The van der Waals surface area contributed by atoms with Crippen molar-refractivity contribution in [3.05, 3.63) is 42.6 Å². The summed E-state index contributed by atoms with van der Waals surface area (Å²) in [5.41, 5.74) is 0.301. The number of aromatic nitrogens is 1. The van der Waals surface area contributed by atoms with Gasteiger partial charge >= 0.3 is 5.82 Å². The maximum absolute atomic E-state index is 9.45. The van der Waals surface area contributed by atoms with Crippen LogP contribution in [0.2, 0.25) is 0 Å². The van der Waals surface area contributed by atoms with E-state index in [-0.39, 0.29) is 11.5 Å². The molecule has 80 valence electrons. The molecular weight excluding hydrogens is 206 g/mol. The summed E-state index contributed by atoms with van der Waals surface area (Å²) in [4.78, 5) is 2.88. The van der Waals surface area contributed by atoms with Gasteiger partial charge in [-0.15, -0.1) is 0 Å². The number of benzene rings is 1. The fraction of sp³-hybridized carbons (Fsp3) is 0. The number of aromatic amines is 1. The van der Waals surface area contributed by atoms with Gasteiger partial charge in [-0.2, -0.15) is 0 Å². The first-order chi connectivity index (χ1) is 7.75. The first-order valence-electron chi connectivity index (χ1n) is 4.66. The van der Waals surface area contributed by atoms with E-state index in [0.29, 0.717) is 11.5 Å². The molecule has 2 aromatic rings. The largest absolute Gasteiger partial charge is 0.508 e. The molecule has 0 saturated carbocycles. The number of hydrogen-bond acceptors (Lipinski definition) is 4. The number of azo groups is 1. The highest BCUT2D eigenvalue weighted by atomic mass is 16.3. The monoisotopic (exact) mass is 216 g/mol. The minimum Gasteiger partial charge on any atom is -0.508 e. The first-order valence-corrected chi connectivity index (χ1v) is 4.66. The maximum atomic E-state index is 9.45. The highest BCUT2D eigenvalue weighted by Gasteiger charge is 2.04. The number of H-pyrrole nitrogens is 1. The van der Waals surface area contributed by atoms with Crippen molar-refractivity contribution in [1.82, 2.24) is 0 Å². The van der Waals surface area contributed by atoms with Gasteiger partial charge in [-0.3, -0.25) is 0 Å². The van der Waals surface area contributed by atoms with Crippen LogP contribution in [0.4, 0.5) is 11.5 Å². The average molecular weight is 216 g/mol. The van der Waals surface area contributed by atoms with Crippen molar-refractivity contribution in [3.8, 4) is 11.5 Å². The number of nitrogens with zero attached hydrogens (tertiary/aromatic N) is 2. The lowest BCUT2D eigenvalue weighted by Crippen LogP contribution is -1.97. The van der Waals surface area contributed by atoms with E-state index in [2.05, 4.69) is 15.2 Å². The van der Waals surface area contributed by atoms with E-state index in [1.54, 1.807) is 12.3 Å². The summed E-state index contributed by atoms with van der Waals surface area (Å²) >= 11 is 0. The minimum atomic E-state index is -0.111. The lowest BCUT2D eigenvalue weighted by molar-refractivity contribution is -0.363. The number of rotatable bonds is 2. The Hall–Kier alpha value is -2.43. The van der Waals surface area contributed by atoms with Gasteiger partial charge in [0.1, 0.15) is 11.5 Å². The van der Waals surface area contributed by atoms with Crippen LogP contribution < -0.4 is 4.98 Å². The van der Waals surface area contributed by atoms with Crippen molar-refractivity contribution >= 4 is 11.5 Å². The molecule has 0 aliphatic heterocycles. The Balaban J connectivity index is 2.24. The predicted molar refractivity (Wildman–Crippen MR) is 56.9 cm³/mol. The quantitative estimate of drug-likeness (QED) is 0.755. The number of hydrogen-bond donors (Lipinski definition) is 2. The van der Waals surface area contributed by atoms with Gasteiger partial charge in [0.2, 0.25) is 0 Å². The fourth-order valence-electron chi connectivity index (χ4n) is 1.15. The van der Waals surface area contributed by atoms with E-state index in [0.717, 1.165) is 0 Å². The summed E-state index contributed by atoms with van der Waals surface area (Å²) in [5.74, 6) is 0.456. The highest BCUT2D eigenvalue weighted by Crippen LogP contribution is 2.30. The first kappa shape index (κ1) is 10.1. The normalized spacial score (nSPS) is 10.8. The van der Waals surface area contributed by atoms with Gasteiger partial charge in [0, 0.05) is 12.1 Å². The number of aromatic hydroxyl groups is 2. The van der Waals surface area contributed by atoms with Crippen LogP contribution in [0.3, 0.4) is 0 Å². The zero-order chi connectivity index (χ0) is 11.4. The molecule has 2 rings (SSSR count). The maximum Gasteiger partial charge on any atom is 0.348 e. The van der Waals surface area contributed by atoms with Crippen LogP contribution in [-0.4, -0.2) is 10.2 Å². The third kappa shape index (κ3) is 2.33. The summed E-state index contributed by atoms with van der Waals surface area (Å²) in [5, 5.41) is 26.3. The van der Waals surface area contributed by atoms with Crippen LogP contribution >= 0.6 is 0 Å². The molecule has 5 nitrogen and oxygen atoms in total. The van der Waals surface area contributed by atoms with Crippen molar-refractivity contribution in [2.45, 2.75) is 0 Å². The summed E-state index contributed by atoms with van der Waals surface area (Å²) in [6, 6.07) is 9.53. The van der Waals surface area contributed by atoms with Crippen molar-refractivity contribution < 1.29 is 15.2 Å². The lowest BCUT2D eigenvalue weighted by atomic mass is 10.3. The van der Waals surface area contributed by atoms with Crippen molar-refractivity contribution in [1.29, 1.82) is 0 Å². The van der Waals surface area contributed by atoms with E-state index in [1.807, 2.05) is 12.1 Å². The molecule has 0 radical (unpaired) electrons. The van der Waals surface area contributed by atoms with Gasteiger partial charge < -0.3 is 10.2 Å². The zero-order valence-corrected chi connectivity index (χ0v) is 8.33. The molecule has 5 heteroatoms. The Morgan fingerprint density at radius 3 is 2.56 bits per heavy atom. The van der Waals surface area contributed by atoms with E-state index >= 15 is 0 Å². The van der Waals surface area contributed by atoms with Crippen molar-refractivity contribution in [2.24, 2.45) is 10.2 Å². The molecule has 0 aliphatic rings. The molecule has 0 aliphatic carbocycles. The lowest BCUT2D eigenvalue weighted by Gasteiger charge is -1.94. The second-order valence-corrected chi connectivity index (χ2v) is 3.12. The predicted octanol–water partition coefficient (Wildman–Crippen LogP) is 2.33. The van der Waals surface area contributed by atoms with Crippen LogP contribution in [0, 0.1) is 0 Å². The van der Waals surface area contributed by atoms with Gasteiger partial charge in [0.25, 0.3) is 0 Å². The molecule has 0 amide bonds. The minimum absolute atomic E-state index is 0.0114. The van der Waals surface area contributed by atoms with E-state index in [4.69, 9.17) is 5.11 Å².